The topological polar surface area (TPSA) is 519 Å². The van der Waals surface area contributed by atoms with E-state index in [2.05, 4.69) is 125 Å². The molecule has 12 saturated carbocycles. The molecule has 24 rings (SSSR count). The van der Waals surface area contributed by atoms with Crippen LogP contribution in [0.2, 0.25) is 25.8 Å². The van der Waals surface area contributed by atoms with Crippen LogP contribution >= 0.6 is 58.0 Å². The van der Waals surface area contributed by atoms with Crippen molar-refractivity contribution in [1.29, 1.82) is 10.5 Å². The minimum atomic E-state index is -4.97. The number of amides is 6. The van der Waals surface area contributed by atoms with Crippen molar-refractivity contribution in [3.8, 4) is 57.7 Å². The molecule has 750 valence electrons. The average Bonchev–Trinajstić information content (AvgIpc) is 1.23. The molecular formula is C93H82Cl5F7N28O12. The zero-order valence-corrected chi connectivity index (χ0v) is 81.3. The number of carbonyl (C=O) groups is 8. The van der Waals surface area contributed by atoms with Gasteiger partial charge in [0.1, 0.15) is 78.6 Å². The van der Waals surface area contributed by atoms with E-state index in [0.717, 1.165) is 16.8 Å². The molecule has 12 heterocycles. The van der Waals surface area contributed by atoms with Crippen molar-refractivity contribution in [3.63, 3.8) is 0 Å². The van der Waals surface area contributed by atoms with Crippen LogP contribution in [0.4, 0.5) is 52.0 Å². The number of hydrogen-bond acceptors (Lipinski definition) is 30. The smallest absolute Gasteiger partial charge is 0.434 e. The number of ether oxygens (including phenoxy) is 4. The van der Waals surface area contributed by atoms with Crippen LogP contribution in [0.1, 0.15) is 210 Å². The van der Waals surface area contributed by atoms with Crippen LogP contribution in [0.15, 0.2) is 122 Å². The van der Waals surface area contributed by atoms with Gasteiger partial charge in [-0.15, -0.1) is 20.4 Å². The Morgan fingerprint density at radius 1 is 0.421 bits per heavy atom. The van der Waals surface area contributed by atoms with E-state index in [-0.39, 0.29) is 168 Å². The lowest BCUT2D eigenvalue weighted by molar-refractivity contribution is -0.163. The minimum absolute atomic E-state index is 0.0101. The number of carbonyl (C=O) groups excluding carboxylic acids is 8. The fourth-order valence-corrected chi connectivity index (χ4v) is 20.7. The van der Waals surface area contributed by atoms with E-state index in [9.17, 15) is 69.1 Å². The average molecular weight is 2090 g/mol. The summed E-state index contributed by atoms with van der Waals surface area (Å²) in [6.07, 6.45) is 2.19. The van der Waals surface area contributed by atoms with Gasteiger partial charge in [-0.3, -0.25) is 53.7 Å². The molecule has 0 saturated heterocycles. The van der Waals surface area contributed by atoms with E-state index in [0.29, 0.717) is 72.2 Å². The van der Waals surface area contributed by atoms with E-state index < -0.39 is 129 Å². The lowest BCUT2D eigenvalue weighted by atomic mass is 9.40. The van der Waals surface area contributed by atoms with Crippen LogP contribution < -0.4 is 31.9 Å². The third-order valence-corrected chi connectivity index (χ3v) is 27.9. The maximum absolute atomic E-state index is 15.0. The lowest BCUT2D eigenvalue weighted by Crippen LogP contribution is -2.76. The Balaban J connectivity index is 0.000000133. The first-order chi connectivity index (χ1) is 68.7. The Labute approximate surface area is 842 Å². The summed E-state index contributed by atoms with van der Waals surface area (Å²) >= 11 is 30.6. The Morgan fingerprint density at radius 2 is 0.766 bits per heavy atom. The van der Waals surface area contributed by atoms with Crippen molar-refractivity contribution in [2.75, 3.05) is 10.6 Å². The van der Waals surface area contributed by atoms with Gasteiger partial charge in [-0.05, 0) is 133 Å². The molecule has 12 fully saturated rings. The summed E-state index contributed by atoms with van der Waals surface area (Å²) in [7, 11) is 6.15. The van der Waals surface area contributed by atoms with Crippen LogP contribution in [0, 0.1) is 45.3 Å². The molecule has 52 heteroatoms. The van der Waals surface area contributed by atoms with Crippen molar-refractivity contribution in [3.05, 3.63) is 221 Å². The Bertz CT molecular complexity index is 7280. The van der Waals surface area contributed by atoms with Gasteiger partial charge in [-0.25, -0.2) is 67.0 Å². The number of esters is 2. The first-order valence-electron chi connectivity index (χ1n) is 44.6. The molecular weight excluding hydrogens is 2010 g/mol. The van der Waals surface area contributed by atoms with Gasteiger partial charge in [0.05, 0.1) is 86.5 Å². The number of alkyl halides is 5. The quantitative estimate of drug-likeness (QED) is 0.0127. The molecule has 0 aromatic carbocycles. The Kier molecular flexibility index (Phi) is 27.3. The number of hydrogen-bond donors (Lipinski definition) is 6. The standard InChI is InChI=1S/C24H20ClF3N8O3.C23H20Cl2N8O3.2C23H21ClF2N6O3/c1-12(13-4-3-7-30-18(13)25)39-21(38)32-19-16(34-35-36(19)2)15-6-5-14(17(31-15)24(26,27)28)20(37)33-23-8-22(9-23,10-23)11-29;1-12(13-4-3-7-27-17(13)24)36-21(35)29-19-16(31-32-33(19)2)15-6-5-14(18(25)28-15)20(34)30-23-8-22(9-23,10-23)11-26;1-12(13-4-3-7-27-19(13)24)35-17(33)8-16-18(30-31-32(16)2)15-6-5-14(20(25)28-15)21(34)29-23-9-22(26,10-23)11-23;1-12(14-4-3-5-27-20(14)24)35-17(33)7-16-19(30-31-32(16)2)18-15(25)6-13(8-28-18)21(34)29-23-9-22(26,10-23)11-23/h3-7,12H,8-10H2,1-2H3,(H,32,38)(H,33,37);3-7,12H,8-10H2,1-2H3,(H,29,35)(H,30,34);3-7,12H,8-11H2,1-2H3,(H,29,34);3-6,8,12H,7,9-11H2,1-2H3,(H,29,34)/t4*12-,22?,23?/m1111/s1. The number of aromatic nitrogens is 20. The van der Waals surface area contributed by atoms with E-state index in [1.165, 1.54) is 70.1 Å². The molecule has 0 radical (unpaired) electrons. The summed E-state index contributed by atoms with van der Waals surface area (Å²) in [5, 5.41) is 66.7. The van der Waals surface area contributed by atoms with Crippen LogP contribution in [0.25, 0.3) is 45.6 Å². The molecule has 0 spiro atoms. The molecule has 12 aliphatic carbocycles. The zero-order chi connectivity index (χ0) is 104. The third kappa shape index (κ3) is 20.7. The number of anilines is 2. The second kappa shape index (κ2) is 39.0. The summed E-state index contributed by atoms with van der Waals surface area (Å²) in [5.74, 6) is -5.30. The number of aryl methyl sites for hydroxylation is 4. The van der Waals surface area contributed by atoms with Crippen LogP contribution in [0.3, 0.4) is 0 Å². The highest BCUT2D eigenvalue weighted by Crippen LogP contribution is 2.68. The van der Waals surface area contributed by atoms with Crippen molar-refractivity contribution in [2.24, 2.45) is 39.0 Å². The van der Waals surface area contributed by atoms with E-state index in [1.54, 1.807) is 110 Å². The van der Waals surface area contributed by atoms with Gasteiger partial charge in [-0.1, -0.05) is 103 Å². The normalized spacial score (nSPS) is 22.7. The molecule has 12 aliphatic rings. The summed E-state index contributed by atoms with van der Waals surface area (Å²) in [5.41, 5.74) is -4.29. The highest BCUT2D eigenvalue weighted by molar-refractivity contribution is 6.33. The van der Waals surface area contributed by atoms with Gasteiger partial charge in [0, 0.05) is 142 Å². The highest BCUT2D eigenvalue weighted by atomic mass is 35.5. The number of halogens is 12. The number of nitriles is 2. The second-order valence-electron chi connectivity index (χ2n) is 37.2. The van der Waals surface area contributed by atoms with Crippen LogP contribution in [-0.2, 0) is 75.7 Å². The van der Waals surface area contributed by atoms with Crippen molar-refractivity contribution in [1.82, 2.24) is 121 Å². The molecule has 40 nitrogen and oxygen atoms in total. The lowest BCUT2D eigenvalue weighted by Gasteiger charge is -2.67. The maximum atomic E-state index is 15.0. The largest absolute Gasteiger partial charge is 0.457 e. The summed E-state index contributed by atoms with van der Waals surface area (Å²) in [4.78, 5) is 133. The Hall–Kier alpha value is -14.9. The van der Waals surface area contributed by atoms with Crippen LogP contribution in [0.5, 0.6) is 0 Å². The second-order valence-corrected chi connectivity index (χ2v) is 39.0. The molecule has 12 aromatic heterocycles. The zero-order valence-electron chi connectivity index (χ0n) is 77.5. The van der Waals surface area contributed by atoms with Gasteiger partial charge >= 0.3 is 30.3 Å². The molecule has 8 bridgehead atoms. The van der Waals surface area contributed by atoms with Gasteiger partial charge in [0.25, 0.3) is 23.6 Å². The predicted molar refractivity (Wildman–Crippen MR) is 497 cm³/mol. The number of rotatable bonds is 26. The first-order valence-corrected chi connectivity index (χ1v) is 46.5. The molecule has 6 amide bonds. The van der Waals surface area contributed by atoms with Gasteiger partial charge in [-0.2, -0.15) is 28.1 Å². The van der Waals surface area contributed by atoms with Crippen LogP contribution in [-0.4, -0.2) is 181 Å². The monoisotopic (exact) mass is 2090 g/mol. The molecule has 145 heavy (non-hydrogen) atoms. The van der Waals surface area contributed by atoms with Crippen molar-refractivity contribution in [2.45, 2.75) is 182 Å². The van der Waals surface area contributed by atoms with Gasteiger partial charge in [0.2, 0.25) is 5.95 Å². The van der Waals surface area contributed by atoms with Gasteiger partial charge < -0.3 is 40.2 Å². The molecule has 12 aromatic rings. The third-order valence-electron chi connectivity index (χ3n) is 26.3. The highest BCUT2D eigenvalue weighted by Gasteiger charge is 2.72. The number of nitrogens with zero attached hydrogens (tertiary/aromatic N) is 22. The summed E-state index contributed by atoms with van der Waals surface area (Å²) < 4.78 is 126. The van der Waals surface area contributed by atoms with E-state index in [4.69, 9.17) is 87.5 Å². The number of pyridine rings is 8. The molecule has 4 atom stereocenters. The van der Waals surface area contributed by atoms with Crippen molar-refractivity contribution < 1.29 is 88.0 Å². The number of nitrogens with one attached hydrogen (secondary N) is 6. The predicted octanol–water partition coefficient (Wildman–Crippen LogP) is 15.1. The van der Waals surface area contributed by atoms with Gasteiger partial charge in [0.15, 0.2) is 34.5 Å². The molecule has 6 N–H and O–H groups in total. The SMILES string of the molecule is C[C@@H](OC(=O)Cc1c(-c2ccc(C(=O)NC34CC(F)(C3)C4)c(F)n2)nnn1C)c1cccnc1Cl.C[C@@H](OC(=O)Cc1c(-c2ncc(C(=O)NC34CC(F)(C3)C4)cc2F)nnn1C)c1cccnc1Cl.C[C@@H](OC(=O)Nc1c(-c2ccc(C(=O)NC34CC(C#N)(C3)C4)c(C(F)(F)F)n2)nnn1C)c1cccnc1Cl.C[C@@H](OC(=O)Nc1c(-c2ccc(C(=O)NC34CC(C#N)(C3)C4)c(Cl)n2)nnn1C)c1cccnc1Cl. The fourth-order valence-electron chi connectivity index (χ4n) is 19.4. The molecule has 0 aliphatic heterocycles. The fraction of sp³-hybridized carbons (Fsp3) is 0.376. The summed E-state index contributed by atoms with van der Waals surface area (Å²) in [6.45, 7) is 6.57. The van der Waals surface area contributed by atoms with E-state index >= 15 is 0 Å². The van der Waals surface area contributed by atoms with Crippen molar-refractivity contribution >= 4 is 117 Å². The minimum Gasteiger partial charge on any atom is -0.457 e. The maximum Gasteiger partial charge on any atom is 0.434 e. The Morgan fingerprint density at radius 3 is 1.15 bits per heavy atom. The molecule has 0 unspecified atom stereocenters. The first kappa shape index (κ1) is 102. The van der Waals surface area contributed by atoms with E-state index in [1.807, 2.05) is 0 Å². The summed E-state index contributed by atoms with van der Waals surface area (Å²) in [6, 6.07) is 26.9.